The Bertz CT molecular complexity index is 875. The van der Waals surface area contributed by atoms with Gasteiger partial charge in [-0.15, -0.1) is 0 Å². The summed E-state index contributed by atoms with van der Waals surface area (Å²) in [6.45, 7) is 14.1. The van der Waals surface area contributed by atoms with Gasteiger partial charge in [0.2, 0.25) is 0 Å². The van der Waals surface area contributed by atoms with E-state index < -0.39 is 23.9 Å². The molecule has 2 saturated heterocycles. The third kappa shape index (κ3) is 5.92. The van der Waals surface area contributed by atoms with Crippen molar-refractivity contribution in [2.45, 2.75) is 71.3 Å². The molecule has 182 valence electrons. The average molecular weight is 462 g/mol. The Morgan fingerprint density at radius 2 is 1.73 bits per heavy atom. The van der Waals surface area contributed by atoms with Crippen LogP contribution in [0.3, 0.4) is 0 Å². The van der Waals surface area contributed by atoms with Crippen LogP contribution in [0, 0.1) is 0 Å². The van der Waals surface area contributed by atoms with Crippen molar-refractivity contribution in [2.75, 3.05) is 26.8 Å². The molecule has 3 rings (SSSR count). The van der Waals surface area contributed by atoms with Crippen LogP contribution in [-0.2, 0) is 18.8 Å². The molecule has 1 N–H and O–H groups in total. The Balaban J connectivity index is 1.50. The highest BCUT2D eigenvalue weighted by Crippen LogP contribution is 2.37. The number of carbonyl (C=O) groups is 2. The number of nitrogens with one attached hydrogen (secondary N) is 1. The monoisotopic (exact) mass is 462 g/mol. The molecule has 0 atom stereocenters. The van der Waals surface area contributed by atoms with Gasteiger partial charge in [0.15, 0.2) is 18.1 Å². The van der Waals surface area contributed by atoms with Crippen molar-refractivity contribution in [1.29, 1.82) is 0 Å². The van der Waals surface area contributed by atoms with E-state index in [0.717, 1.165) is 5.46 Å². The molecule has 33 heavy (non-hydrogen) atoms. The number of rotatable bonds is 6. The van der Waals surface area contributed by atoms with Gasteiger partial charge < -0.3 is 33.7 Å². The fourth-order valence-electron chi connectivity index (χ4n) is 3.39. The molecule has 10 heteroatoms. The molecule has 1 aromatic carbocycles. The Morgan fingerprint density at radius 3 is 2.27 bits per heavy atom. The topological polar surface area (TPSA) is 95.6 Å². The number of benzene rings is 1. The molecule has 2 aliphatic rings. The summed E-state index contributed by atoms with van der Waals surface area (Å²) in [5, 5.41) is 2.85. The molecule has 0 aromatic heterocycles. The van der Waals surface area contributed by atoms with Gasteiger partial charge in [-0.05, 0) is 66.1 Å². The summed E-state index contributed by atoms with van der Waals surface area (Å²) in [6.07, 6.45) is -0.379. The van der Waals surface area contributed by atoms with Gasteiger partial charge in [0.1, 0.15) is 5.60 Å². The van der Waals surface area contributed by atoms with Crippen LogP contribution in [-0.4, -0.2) is 73.7 Å². The summed E-state index contributed by atoms with van der Waals surface area (Å²) in [7, 11) is 1.02. The van der Waals surface area contributed by atoms with E-state index in [1.807, 2.05) is 54.5 Å². The van der Waals surface area contributed by atoms with Gasteiger partial charge in [-0.2, -0.15) is 0 Å². The van der Waals surface area contributed by atoms with Gasteiger partial charge in [0.05, 0.1) is 24.4 Å². The molecule has 2 fully saturated rings. The zero-order chi connectivity index (χ0) is 24.6. The minimum Gasteiger partial charge on any atom is -0.493 e. The molecule has 0 radical (unpaired) electrons. The van der Waals surface area contributed by atoms with E-state index in [1.165, 1.54) is 7.11 Å². The molecule has 0 saturated carbocycles. The molecule has 9 nitrogen and oxygen atoms in total. The molecule has 0 bridgehead atoms. The molecule has 0 spiro atoms. The van der Waals surface area contributed by atoms with Crippen molar-refractivity contribution in [2.24, 2.45) is 0 Å². The minimum absolute atomic E-state index is 0.124. The second kappa shape index (κ2) is 9.06. The standard InChI is InChI=1S/C23H35BN2O7/c1-21(2,3)31-20(28)26-12-16(13-26)25-19(27)14-30-17-10-9-15(11-18(17)29-8)24-32-22(4,5)23(6,7)33-24/h9-11,16H,12-14H2,1-8H3,(H,25,27). The summed E-state index contributed by atoms with van der Waals surface area (Å²) in [5.41, 5.74) is -0.632. The summed E-state index contributed by atoms with van der Waals surface area (Å²) in [6, 6.07) is 5.24. The van der Waals surface area contributed by atoms with E-state index in [2.05, 4.69) is 5.32 Å². The van der Waals surface area contributed by atoms with E-state index in [4.69, 9.17) is 23.5 Å². The third-order valence-electron chi connectivity index (χ3n) is 5.97. The Morgan fingerprint density at radius 1 is 1.12 bits per heavy atom. The first-order valence-electron chi connectivity index (χ1n) is 11.1. The number of hydrogen-bond donors (Lipinski definition) is 1. The highest BCUT2D eigenvalue weighted by Gasteiger charge is 2.51. The molecule has 2 amide bonds. The van der Waals surface area contributed by atoms with Gasteiger partial charge >= 0.3 is 13.2 Å². The largest absolute Gasteiger partial charge is 0.494 e. The van der Waals surface area contributed by atoms with Gasteiger partial charge in [0.25, 0.3) is 5.91 Å². The Kier molecular flexibility index (Phi) is 6.91. The first-order valence-corrected chi connectivity index (χ1v) is 11.1. The SMILES string of the molecule is COc1cc(B2OC(C)(C)C(C)(C)O2)ccc1OCC(=O)NC1CN(C(=O)OC(C)(C)C)C1. The Hall–Kier alpha value is -2.46. The van der Waals surface area contributed by atoms with Crippen LogP contribution < -0.4 is 20.3 Å². The highest BCUT2D eigenvalue weighted by molar-refractivity contribution is 6.62. The van der Waals surface area contributed by atoms with Gasteiger partial charge in [-0.25, -0.2) is 4.79 Å². The maximum absolute atomic E-state index is 12.3. The van der Waals surface area contributed by atoms with E-state index in [9.17, 15) is 9.59 Å². The van der Waals surface area contributed by atoms with Crippen molar-refractivity contribution in [3.63, 3.8) is 0 Å². The van der Waals surface area contributed by atoms with E-state index in [0.29, 0.717) is 24.6 Å². The van der Waals surface area contributed by atoms with Crippen LogP contribution >= 0.6 is 0 Å². The van der Waals surface area contributed by atoms with Crippen LogP contribution in [0.2, 0.25) is 0 Å². The fraction of sp³-hybridized carbons (Fsp3) is 0.652. The van der Waals surface area contributed by atoms with Crippen molar-refractivity contribution in [3.05, 3.63) is 18.2 Å². The van der Waals surface area contributed by atoms with Gasteiger partial charge in [-0.1, -0.05) is 6.07 Å². The number of methoxy groups -OCH3 is 1. The summed E-state index contributed by atoms with van der Waals surface area (Å²) < 4.78 is 28.6. The smallest absolute Gasteiger partial charge is 0.493 e. The molecule has 2 aliphatic heterocycles. The van der Waals surface area contributed by atoms with Gasteiger partial charge in [0, 0.05) is 13.1 Å². The summed E-state index contributed by atoms with van der Waals surface area (Å²) in [5.74, 6) is 0.646. The fourth-order valence-corrected chi connectivity index (χ4v) is 3.39. The first kappa shape index (κ1) is 25.2. The lowest BCUT2D eigenvalue weighted by Crippen LogP contribution is -2.62. The van der Waals surface area contributed by atoms with Crippen molar-refractivity contribution < 1.29 is 33.1 Å². The normalized spacial score (nSPS) is 19.6. The number of amides is 2. The zero-order valence-electron chi connectivity index (χ0n) is 20.8. The second-order valence-corrected chi connectivity index (χ2v) is 10.4. The van der Waals surface area contributed by atoms with Crippen molar-refractivity contribution >= 4 is 24.6 Å². The molecular weight excluding hydrogens is 427 g/mol. The predicted octanol–water partition coefficient (Wildman–Crippen LogP) is 2.11. The van der Waals surface area contributed by atoms with Crippen LogP contribution in [0.15, 0.2) is 18.2 Å². The Labute approximate surface area is 196 Å². The minimum atomic E-state index is -0.545. The number of hydrogen-bond acceptors (Lipinski definition) is 7. The van der Waals surface area contributed by atoms with Crippen LogP contribution in [0.1, 0.15) is 48.5 Å². The number of carbonyl (C=O) groups excluding carboxylic acids is 2. The summed E-state index contributed by atoms with van der Waals surface area (Å²) in [4.78, 5) is 25.8. The van der Waals surface area contributed by atoms with Crippen molar-refractivity contribution in [1.82, 2.24) is 10.2 Å². The quantitative estimate of drug-likeness (QED) is 0.647. The molecule has 2 heterocycles. The highest BCUT2D eigenvalue weighted by atomic mass is 16.7. The average Bonchev–Trinajstić information content (AvgIpc) is 2.88. The van der Waals surface area contributed by atoms with E-state index in [-0.39, 0.29) is 24.6 Å². The number of ether oxygens (including phenoxy) is 3. The van der Waals surface area contributed by atoms with Crippen LogP contribution in [0.25, 0.3) is 0 Å². The molecular formula is C23H35BN2O7. The zero-order valence-corrected chi connectivity index (χ0v) is 20.8. The number of nitrogens with zero attached hydrogens (tertiary/aromatic N) is 1. The lowest BCUT2D eigenvalue weighted by atomic mass is 9.79. The van der Waals surface area contributed by atoms with Crippen LogP contribution in [0.5, 0.6) is 11.5 Å². The van der Waals surface area contributed by atoms with Gasteiger partial charge in [-0.3, -0.25) is 4.79 Å². The van der Waals surface area contributed by atoms with Crippen LogP contribution in [0.4, 0.5) is 4.79 Å². The van der Waals surface area contributed by atoms with E-state index >= 15 is 0 Å². The lowest BCUT2D eigenvalue weighted by Gasteiger charge is -2.39. The number of likely N-dealkylation sites (tertiary alicyclic amines) is 1. The second-order valence-electron chi connectivity index (χ2n) is 10.4. The maximum atomic E-state index is 12.3. The molecule has 0 aliphatic carbocycles. The molecule has 1 aromatic rings. The van der Waals surface area contributed by atoms with E-state index in [1.54, 1.807) is 17.0 Å². The lowest BCUT2D eigenvalue weighted by molar-refractivity contribution is -0.125. The first-order chi connectivity index (χ1) is 15.2. The predicted molar refractivity (Wildman–Crippen MR) is 124 cm³/mol. The summed E-state index contributed by atoms with van der Waals surface area (Å²) >= 11 is 0. The van der Waals surface area contributed by atoms with Crippen molar-refractivity contribution in [3.8, 4) is 11.5 Å². The maximum Gasteiger partial charge on any atom is 0.494 e. The molecule has 0 unspecified atom stereocenters. The third-order valence-corrected chi connectivity index (χ3v) is 5.97.